The Kier molecular flexibility index (Phi) is 12.1. The van der Waals surface area contributed by atoms with Crippen LogP contribution in [0.2, 0.25) is 5.02 Å². The smallest absolute Gasteiger partial charge is 0.406 e. The Labute approximate surface area is 390 Å². The number of halogens is 4. The van der Waals surface area contributed by atoms with Crippen molar-refractivity contribution < 1.29 is 27.5 Å². The average molecular weight is 957 g/mol. The van der Waals surface area contributed by atoms with Gasteiger partial charge in [0.15, 0.2) is 0 Å². The highest BCUT2D eigenvalue weighted by Gasteiger charge is 2.31. The fraction of sp³-hybridized carbons (Fsp3) is 0.0435. The third-order valence-electron chi connectivity index (χ3n) is 10.1. The molecule has 0 spiro atoms. The van der Waals surface area contributed by atoms with Crippen LogP contribution in [0, 0.1) is 6.92 Å². The summed E-state index contributed by atoms with van der Waals surface area (Å²) >= 11 is 8.66. The number of carbonyl (C=O) groups excluding carboxylic acids is 2. The number of amides is 2. The average Bonchev–Trinajstić information content (AvgIpc) is 3.94. The van der Waals surface area contributed by atoms with Crippen molar-refractivity contribution in [3.63, 3.8) is 0 Å². The van der Waals surface area contributed by atoms with E-state index in [-0.39, 0.29) is 23.5 Å². The highest BCUT2D eigenvalue weighted by atomic mass is 35.5. The maximum Gasteiger partial charge on any atom is 0.573 e. The van der Waals surface area contributed by atoms with Gasteiger partial charge in [0.1, 0.15) is 29.5 Å². The van der Waals surface area contributed by atoms with Gasteiger partial charge in [-0.15, -0.1) is 35.8 Å². The van der Waals surface area contributed by atoms with Crippen LogP contribution in [0.1, 0.15) is 26.3 Å². The molecule has 0 fully saturated rings. The van der Waals surface area contributed by atoms with E-state index in [2.05, 4.69) is 55.9 Å². The number of carbonyl (C=O) groups is 2. The Morgan fingerprint density at radius 1 is 0.687 bits per heavy atom. The van der Waals surface area contributed by atoms with E-state index in [1.807, 2.05) is 67.6 Å². The lowest BCUT2D eigenvalue weighted by Gasteiger charge is -2.15. The van der Waals surface area contributed by atoms with Crippen molar-refractivity contribution in [2.75, 3.05) is 32.7 Å². The highest BCUT2D eigenvalue weighted by molar-refractivity contribution is 7.18. The summed E-state index contributed by atoms with van der Waals surface area (Å²) in [6, 6.07) is 25.7. The summed E-state index contributed by atoms with van der Waals surface area (Å²) in [4.78, 5) is 51.4. The molecule has 8 N–H and O–H groups in total. The molecule has 0 saturated heterocycles. The van der Waals surface area contributed by atoms with Gasteiger partial charge >= 0.3 is 6.36 Å². The third kappa shape index (κ3) is 9.62. The molecule has 2 amide bonds. The summed E-state index contributed by atoms with van der Waals surface area (Å²) in [5, 5.41) is 19.6. The largest absolute Gasteiger partial charge is 0.573 e. The molecule has 0 aliphatic carbocycles. The molecular formula is C46H32ClF3N12O3S2. The first-order valence-corrected chi connectivity index (χ1v) is 21.9. The number of nitrogens with zero attached hydrogens (tertiary/aromatic N) is 6. The van der Waals surface area contributed by atoms with E-state index in [4.69, 9.17) is 23.1 Å². The summed E-state index contributed by atoms with van der Waals surface area (Å²) < 4.78 is 42.6. The van der Waals surface area contributed by atoms with E-state index in [1.165, 1.54) is 53.3 Å². The van der Waals surface area contributed by atoms with Crippen LogP contribution in [0.25, 0.3) is 42.0 Å². The number of aromatic nitrogens is 6. The van der Waals surface area contributed by atoms with Gasteiger partial charge in [0.2, 0.25) is 5.95 Å². The molecule has 4 aromatic carbocycles. The maximum absolute atomic E-state index is 13.2. The second-order valence-electron chi connectivity index (χ2n) is 14.5. The molecular weight excluding hydrogens is 925 g/mol. The number of thiophene rings is 2. The Balaban J connectivity index is 0.000000170. The number of aryl methyl sites for hydroxylation is 1. The summed E-state index contributed by atoms with van der Waals surface area (Å²) in [5.74, 6) is 0.653. The number of alkyl halides is 3. The van der Waals surface area contributed by atoms with Crippen LogP contribution in [-0.4, -0.2) is 48.1 Å². The molecule has 21 heteroatoms. The zero-order valence-corrected chi connectivity index (χ0v) is 36.9. The van der Waals surface area contributed by atoms with E-state index in [1.54, 1.807) is 35.4 Å². The van der Waals surface area contributed by atoms with E-state index in [9.17, 15) is 22.8 Å². The molecule has 10 aromatic rings. The second kappa shape index (κ2) is 18.4. The first-order chi connectivity index (χ1) is 32.3. The van der Waals surface area contributed by atoms with E-state index in [0.29, 0.717) is 71.8 Å². The molecule has 0 aliphatic rings. The first kappa shape index (κ1) is 44.0. The van der Waals surface area contributed by atoms with E-state index in [0.717, 1.165) is 32.1 Å². The fourth-order valence-electron chi connectivity index (χ4n) is 7.00. The highest BCUT2D eigenvalue weighted by Crippen LogP contribution is 2.35. The topological polar surface area (TPSA) is 221 Å². The molecule has 0 unspecified atom stereocenters. The van der Waals surface area contributed by atoms with Gasteiger partial charge in [0, 0.05) is 66.8 Å². The summed E-state index contributed by atoms with van der Waals surface area (Å²) in [7, 11) is 0. The quantitative estimate of drug-likeness (QED) is 0.0794. The van der Waals surface area contributed by atoms with Gasteiger partial charge in [-0.05, 0) is 79.2 Å². The summed E-state index contributed by atoms with van der Waals surface area (Å²) in [6.07, 6.45) is 1.45. The summed E-state index contributed by atoms with van der Waals surface area (Å²) in [5.41, 5.74) is 16.9. The van der Waals surface area contributed by atoms with Crippen LogP contribution in [0.15, 0.2) is 127 Å². The van der Waals surface area contributed by atoms with Crippen molar-refractivity contribution in [2.24, 2.45) is 0 Å². The molecule has 67 heavy (non-hydrogen) atoms. The lowest BCUT2D eigenvalue weighted by molar-refractivity contribution is -0.274. The van der Waals surface area contributed by atoms with Crippen LogP contribution in [0.5, 0.6) is 5.75 Å². The number of pyridine rings is 2. The molecule has 0 bridgehead atoms. The molecule has 6 heterocycles. The number of nitrogens with two attached hydrogens (primary N) is 2. The van der Waals surface area contributed by atoms with Gasteiger partial charge in [0.25, 0.3) is 11.8 Å². The van der Waals surface area contributed by atoms with Gasteiger partial charge in [-0.3, -0.25) is 9.59 Å². The van der Waals surface area contributed by atoms with Crippen LogP contribution < -0.4 is 37.5 Å². The third-order valence-corrected chi connectivity index (χ3v) is 12.3. The second-order valence-corrected chi connectivity index (χ2v) is 16.7. The SMILES string of the molecule is Cc1ccc2c(Nc3ccc(OC(F)(F)F)cc3)nccc2c1NC(=O)c1csc2c(N)ncnc12.Nc1ncc2scc(C(=O)Nc3cccc4c(Nc5ccc(Cl)cc5)nccc34)c2n1. The van der Waals surface area contributed by atoms with Gasteiger partial charge in [0.05, 0.1) is 43.4 Å². The standard InChI is InChI=1S/C24H17F3N6O2S.C22H15ClN6OS/c1-12-2-7-16-15(18(12)33-23(34)17-10-36-20-19(17)30-11-31-21(20)28)8-9-29-22(16)32-13-3-5-14(6-4-13)35-24(25,26)27;23-12-4-6-13(7-5-12)27-20-15-2-1-3-17(14(15)8-9-25-20)28-21(30)16-11-31-18-10-26-22(24)29-19(16)18/h2-11H,1H3,(H,29,32)(H,33,34)(H2,28,30,31);1-11H,(H,25,27)(H,28,30)(H2,24,26,29). The number of ether oxygens (including phenoxy) is 1. The van der Waals surface area contributed by atoms with Crippen LogP contribution in [0.4, 0.5) is 59.3 Å². The van der Waals surface area contributed by atoms with Crippen LogP contribution in [-0.2, 0) is 0 Å². The Hall–Kier alpha value is -8.20. The van der Waals surface area contributed by atoms with Gasteiger partial charge in [-0.25, -0.2) is 29.9 Å². The number of hydrogen-bond donors (Lipinski definition) is 6. The molecule has 0 radical (unpaired) electrons. The predicted molar refractivity (Wildman–Crippen MR) is 259 cm³/mol. The van der Waals surface area contributed by atoms with Crippen molar-refractivity contribution in [1.29, 1.82) is 0 Å². The Morgan fingerprint density at radius 3 is 2.04 bits per heavy atom. The Bertz CT molecular complexity index is 3500. The minimum atomic E-state index is -4.76. The van der Waals surface area contributed by atoms with Crippen LogP contribution >= 0.6 is 34.3 Å². The Morgan fingerprint density at radius 2 is 1.33 bits per heavy atom. The zero-order valence-electron chi connectivity index (χ0n) is 34.5. The van der Waals surface area contributed by atoms with Crippen molar-refractivity contribution in [3.05, 3.63) is 148 Å². The zero-order chi connectivity index (χ0) is 46.8. The minimum Gasteiger partial charge on any atom is -0.406 e. The van der Waals surface area contributed by atoms with Crippen molar-refractivity contribution in [2.45, 2.75) is 13.3 Å². The van der Waals surface area contributed by atoms with Crippen molar-refractivity contribution in [1.82, 2.24) is 29.9 Å². The molecule has 0 atom stereocenters. The molecule has 15 nitrogen and oxygen atoms in total. The van der Waals surface area contributed by atoms with E-state index >= 15 is 0 Å². The lowest BCUT2D eigenvalue weighted by Crippen LogP contribution is -2.16. The fourth-order valence-corrected chi connectivity index (χ4v) is 8.87. The molecule has 334 valence electrons. The predicted octanol–water partition coefficient (Wildman–Crippen LogP) is 11.5. The molecule has 10 rings (SSSR count). The maximum atomic E-state index is 13.2. The number of nitrogen functional groups attached to an aromatic ring is 2. The first-order valence-electron chi connectivity index (χ1n) is 19.8. The molecule has 0 aliphatic heterocycles. The minimum absolute atomic E-state index is 0.133. The number of fused-ring (bicyclic) bond motifs is 4. The van der Waals surface area contributed by atoms with Gasteiger partial charge in [-0.2, -0.15) is 0 Å². The van der Waals surface area contributed by atoms with Crippen molar-refractivity contribution in [3.8, 4) is 5.75 Å². The number of rotatable bonds is 9. The van der Waals surface area contributed by atoms with Crippen LogP contribution in [0.3, 0.4) is 0 Å². The van der Waals surface area contributed by atoms with E-state index < -0.39 is 6.36 Å². The van der Waals surface area contributed by atoms with Crippen molar-refractivity contribution >= 4 is 134 Å². The van der Waals surface area contributed by atoms with Gasteiger partial charge in [-0.1, -0.05) is 35.9 Å². The number of hydrogen-bond acceptors (Lipinski definition) is 15. The summed E-state index contributed by atoms with van der Waals surface area (Å²) in [6.45, 7) is 1.87. The number of nitrogens with one attached hydrogen (secondary N) is 4. The lowest BCUT2D eigenvalue weighted by atomic mass is 10.0. The molecule has 0 saturated carbocycles. The monoisotopic (exact) mass is 956 g/mol. The van der Waals surface area contributed by atoms with Gasteiger partial charge < -0.3 is 37.5 Å². The normalized spacial score (nSPS) is 11.3. The molecule has 6 aromatic heterocycles. The number of benzene rings is 4. The number of anilines is 8.